The van der Waals surface area contributed by atoms with Crippen LogP contribution in [0, 0.1) is 12.8 Å². The van der Waals surface area contributed by atoms with Crippen molar-refractivity contribution in [2.75, 3.05) is 37.6 Å². The predicted molar refractivity (Wildman–Crippen MR) is 102 cm³/mol. The second-order valence-corrected chi connectivity index (χ2v) is 6.51. The average Bonchev–Trinajstić information content (AvgIpc) is 3.08. The Morgan fingerprint density at radius 3 is 2.67 bits per heavy atom. The second-order valence-electron chi connectivity index (χ2n) is 6.51. The van der Waals surface area contributed by atoms with Crippen molar-refractivity contribution in [1.29, 1.82) is 0 Å². The van der Waals surface area contributed by atoms with E-state index in [1.165, 1.54) is 12.0 Å². The van der Waals surface area contributed by atoms with Crippen molar-refractivity contribution in [3.8, 4) is 11.5 Å². The lowest BCUT2D eigenvalue weighted by atomic mass is 10.1. The molecule has 2 aromatic rings. The molecule has 2 heterocycles. The van der Waals surface area contributed by atoms with Gasteiger partial charge in [0.15, 0.2) is 11.6 Å². The van der Waals surface area contributed by atoms with Crippen molar-refractivity contribution in [3.05, 3.63) is 42.1 Å². The number of anilines is 2. The third kappa shape index (κ3) is 3.58. The summed E-state index contributed by atoms with van der Waals surface area (Å²) < 4.78 is 10.7. The number of aromatic nitrogens is 1. The summed E-state index contributed by atoms with van der Waals surface area (Å²) in [5, 5.41) is 0. The molecule has 0 spiro atoms. The maximum absolute atomic E-state index is 13.0. The molecule has 1 aromatic heterocycles. The Bertz CT molecular complexity index is 868. The van der Waals surface area contributed by atoms with Crippen LogP contribution >= 0.6 is 0 Å². The van der Waals surface area contributed by atoms with Gasteiger partial charge in [0.2, 0.25) is 11.8 Å². The van der Waals surface area contributed by atoms with Crippen molar-refractivity contribution >= 4 is 23.3 Å². The standard InChI is InChI=1S/C20H23N3O4/c1-13-7-8-16(26-3)15(10-13)23-12-14(11-18(23)24)20(25)22(2)19-17(27-4)6-5-9-21-19/h5-10,14H,11-12H2,1-4H3/t14-/m1/s1. The van der Waals surface area contributed by atoms with Crippen LogP contribution in [0.4, 0.5) is 11.5 Å². The Morgan fingerprint density at radius 1 is 1.22 bits per heavy atom. The van der Waals surface area contributed by atoms with Gasteiger partial charge in [-0.15, -0.1) is 0 Å². The molecule has 0 N–H and O–H groups in total. The van der Waals surface area contributed by atoms with Gasteiger partial charge in [-0.2, -0.15) is 0 Å². The predicted octanol–water partition coefficient (Wildman–Crippen LogP) is 2.42. The summed E-state index contributed by atoms with van der Waals surface area (Å²) >= 11 is 0. The van der Waals surface area contributed by atoms with E-state index in [0.717, 1.165) is 5.56 Å². The third-order valence-electron chi connectivity index (χ3n) is 4.72. The molecule has 1 saturated heterocycles. The zero-order chi connectivity index (χ0) is 19.6. The highest BCUT2D eigenvalue weighted by Crippen LogP contribution is 2.35. The van der Waals surface area contributed by atoms with Gasteiger partial charge in [0.05, 0.1) is 25.8 Å². The molecule has 1 atom stereocenters. The van der Waals surface area contributed by atoms with Gasteiger partial charge in [0.1, 0.15) is 5.75 Å². The number of nitrogens with zero attached hydrogens (tertiary/aromatic N) is 3. The van der Waals surface area contributed by atoms with Crippen LogP contribution in [-0.4, -0.2) is 44.6 Å². The van der Waals surface area contributed by atoms with E-state index in [1.54, 1.807) is 37.4 Å². The topological polar surface area (TPSA) is 72.0 Å². The minimum Gasteiger partial charge on any atom is -0.495 e. The highest BCUT2D eigenvalue weighted by Gasteiger charge is 2.38. The van der Waals surface area contributed by atoms with Gasteiger partial charge in [-0.1, -0.05) is 6.07 Å². The van der Waals surface area contributed by atoms with Crippen LogP contribution in [0.1, 0.15) is 12.0 Å². The molecule has 7 heteroatoms. The summed E-state index contributed by atoms with van der Waals surface area (Å²) in [5.74, 6) is 0.827. The first kappa shape index (κ1) is 18.7. The van der Waals surface area contributed by atoms with Crippen LogP contribution in [0.2, 0.25) is 0 Å². The van der Waals surface area contributed by atoms with Gasteiger partial charge in [-0.25, -0.2) is 4.98 Å². The summed E-state index contributed by atoms with van der Waals surface area (Å²) in [6.45, 7) is 2.25. The zero-order valence-corrected chi connectivity index (χ0v) is 15.9. The maximum atomic E-state index is 13.0. The Labute approximate surface area is 158 Å². The first-order valence-corrected chi connectivity index (χ1v) is 8.67. The molecule has 1 fully saturated rings. The molecule has 142 valence electrons. The van der Waals surface area contributed by atoms with Crippen molar-refractivity contribution < 1.29 is 19.1 Å². The average molecular weight is 369 g/mol. The fourth-order valence-electron chi connectivity index (χ4n) is 3.29. The van der Waals surface area contributed by atoms with E-state index in [2.05, 4.69) is 4.98 Å². The number of carbonyl (C=O) groups is 2. The van der Waals surface area contributed by atoms with Gasteiger partial charge in [0, 0.05) is 26.2 Å². The second kappa shape index (κ2) is 7.65. The van der Waals surface area contributed by atoms with Crippen molar-refractivity contribution in [1.82, 2.24) is 4.98 Å². The quantitative estimate of drug-likeness (QED) is 0.809. The zero-order valence-electron chi connectivity index (χ0n) is 15.9. The molecular formula is C20H23N3O4. The Morgan fingerprint density at radius 2 is 1.96 bits per heavy atom. The van der Waals surface area contributed by atoms with Crippen LogP contribution in [-0.2, 0) is 9.59 Å². The summed E-state index contributed by atoms with van der Waals surface area (Å²) in [6.07, 6.45) is 1.75. The third-order valence-corrected chi connectivity index (χ3v) is 4.72. The van der Waals surface area contributed by atoms with E-state index >= 15 is 0 Å². The fraction of sp³-hybridized carbons (Fsp3) is 0.350. The molecule has 2 amide bonds. The molecule has 7 nitrogen and oxygen atoms in total. The van der Waals surface area contributed by atoms with E-state index in [4.69, 9.17) is 9.47 Å². The van der Waals surface area contributed by atoms with Crippen LogP contribution in [0.3, 0.4) is 0 Å². The molecule has 27 heavy (non-hydrogen) atoms. The molecule has 0 radical (unpaired) electrons. The Kier molecular flexibility index (Phi) is 5.30. The summed E-state index contributed by atoms with van der Waals surface area (Å²) in [5.41, 5.74) is 1.71. The smallest absolute Gasteiger partial charge is 0.233 e. The Hall–Kier alpha value is -3.09. The van der Waals surface area contributed by atoms with Crippen LogP contribution in [0.25, 0.3) is 0 Å². The molecule has 1 aromatic carbocycles. The summed E-state index contributed by atoms with van der Waals surface area (Å²) in [6, 6.07) is 9.14. The molecule has 0 bridgehead atoms. The molecular weight excluding hydrogens is 346 g/mol. The number of carbonyl (C=O) groups excluding carboxylic acids is 2. The molecule has 0 saturated carbocycles. The molecule has 0 unspecified atom stereocenters. The Balaban J connectivity index is 1.83. The van der Waals surface area contributed by atoms with E-state index in [-0.39, 0.29) is 18.2 Å². The van der Waals surface area contributed by atoms with Gasteiger partial charge in [-0.05, 0) is 36.8 Å². The summed E-state index contributed by atoms with van der Waals surface area (Å²) in [4.78, 5) is 32.9. The van der Waals surface area contributed by atoms with Crippen molar-refractivity contribution in [2.24, 2.45) is 5.92 Å². The highest BCUT2D eigenvalue weighted by atomic mass is 16.5. The summed E-state index contributed by atoms with van der Waals surface area (Å²) in [7, 11) is 4.75. The molecule has 1 aliphatic heterocycles. The van der Waals surface area contributed by atoms with Crippen molar-refractivity contribution in [2.45, 2.75) is 13.3 Å². The number of aryl methyl sites for hydroxylation is 1. The first-order valence-electron chi connectivity index (χ1n) is 8.67. The van der Waals surface area contributed by atoms with Crippen LogP contribution in [0.15, 0.2) is 36.5 Å². The number of rotatable bonds is 5. The number of ether oxygens (including phenoxy) is 2. The molecule has 3 rings (SSSR count). The number of hydrogen-bond acceptors (Lipinski definition) is 5. The van der Waals surface area contributed by atoms with Gasteiger partial charge < -0.3 is 14.4 Å². The monoisotopic (exact) mass is 369 g/mol. The van der Waals surface area contributed by atoms with E-state index in [0.29, 0.717) is 29.5 Å². The minimum atomic E-state index is -0.459. The largest absolute Gasteiger partial charge is 0.495 e. The van der Waals surface area contributed by atoms with Gasteiger partial charge >= 0.3 is 0 Å². The number of amides is 2. The number of pyridine rings is 1. The van der Waals surface area contributed by atoms with Crippen molar-refractivity contribution in [3.63, 3.8) is 0 Å². The fourth-order valence-corrected chi connectivity index (χ4v) is 3.29. The highest BCUT2D eigenvalue weighted by molar-refractivity contribution is 6.05. The number of hydrogen-bond donors (Lipinski definition) is 0. The van der Waals surface area contributed by atoms with Gasteiger partial charge in [0.25, 0.3) is 0 Å². The van der Waals surface area contributed by atoms with Crippen LogP contribution < -0.4 is 19.3 Å². The SMILES string of the molecule is COc1ccc(C)cc1N1C[C@H](C(=O)N(C)c2ncccc2OC)CC1=O. The number of benzene rings is 1. The van der Waals surface area contributed by atoms with E-state index in [9.17, 15) is 9.59 Å². The lowest BCUT2D eigenvalue weighted by Crippen LogP contribution is -2.35. The van der Waals surface area contributed by atoms with E-state index < -0.39 is 5.92 Å². The maximum Gasteiger partial charge on any atom is 0.233 e. The van der Waals surface area contributed by atoms with Crippen LogP contribution in [0.5, 0.6) is 11.5 Å². The lowest BCUT2D eigenvalue weighted by Gasteiger charge is -2.23. The normalized spacial score (nSPS) is 16.4. The molecule has 0 aliphatic carbocycles. The van der Waals surface area contributed by atoms with Gasteiger partial charge in [-0.3, -0.25) is 14.5 Å². The first-order chi connectivity index (χ1) is 13.0. The minimum absolute atomic E-state index is 0.0985. The van der Waals surface area contributed by atoms with E-state index in [1.807, 2.05) is 25.1 Å². The molecule has 1 aliphatic rings. The lowest BCUT2D eigenvalue weighted by molar-refractivity contribution is -0.124. The number of methoxy groups -OCH3 is 2.